The lowest BCUT2D eigenvalue weighted by Crippen LogP contribution is -1.99. The first-order valence-electron chi connectivity index (χ1n) is 15.0. The Bertz CT molecular complexity index is 2160. The molecule has 0 radical (unpaired) electrons. The van der Waals surface area contributed by atoms with E-state index in [2.05, 4.69) is 126 Å². The van der Waals surface area contributed by atoms with Gasteiger partial charge in [-0.2, -0.15) is 0 Å². The second kappa shape index (κ2) is 11.5. The molecule has 0 aliphatic carbocycles. The third kappa shape index (κ3) is 5.19. The first kappa shape index (κ1) is 26.5. The molecule has 45 heavy (non-hydrogen) atoms. The third-order valence-electron chi connectivity index (χ3n) is 8.06. The minimum Gasteiger partial charge on any atom is -0.292 e. The van der Waals surface area contributed by atoms with Crippen molar-refractivity contribution in [3.63, 3.8) is 0 Å². The summed E-state index contributed by atoms with van der Waals surface area (Å²) in [7, 11) is 0. The lowest BCUT2D eigenvalue weighted by atomic mass is 10.0. The lowest BCUT2D eigenvalue weighted by molar-refractivity contribution is 1.10. The monoisotopic (exact) mass is 576 g/mol. The normalized spacial score (nSPS) is 11.1. The molecule has 0 fully saturated rings. The van der Waals surface area contributed by atoms with Gasteiger partial charge in [0.15, 0.2) is 5.82 Å². The van der Waals surface area contributed by atoms with Crippen molar-refractivity contribution in [3.05, 3.63) is 170 Å². The fourth-order valence-electron chi connectivity index (χ4n) is 5.77. The van der Waals surface area contributed by atoms with E-state index in [0.29, 0.717) is 5.82 Å². The van der Waals surface area contributed by atoms with Gasteiger partial charge in [-0.25, -0.2) is 15.0 Å². The number of hydrogen-bond acceptors (Lipinski definition) is 3. The molecule has 8 aromatic rings. The van der Waals surface area contributed by atoms with E-state index >= 15 is 0 Å². The van der Waals surface area contributed by atoms with Gasteiger partial charge in [-0.05, 0) is 53.6 Å². The maximum Gasteiger partial charge on any atom is 0.160 e. The Morgan fingerprint density at radius 2 is 0.822 bits per heavy atom. The predicted octanol–water partition coefficient (Wildman–Crippen LogP) is 10.2. The van der Waals surface area contributed by atoms with Crippen LogP contribution in [0.4, 0.5) is 0 Å². The molecule has 0 saturated carbocycles. The zero-order chi connectivity index (χ0) is 30.0. The van der Waals surface area contributed by atoms with Gasteiger partial charge < -0.3 is 0 Å². The van der Waals surface area contributed by atoms with Crippen LogP contribution in [0.3, 0.4) is 0 Å². The highest BCUT2D eigenvalue weighted by Crippen LogP contribution is 2.32. The van der Waals surface area contributed by atoms with Crippen LogP contribution >= 0.6 is 0 Å². The Morgan fingerprint density at radius 3 is 1.42 bits per heavy atom. The Kier molecular flexibility index (Phi) is 6.78. The van der Waals surface area contributed by atoms with Gasteiger partial charge in [0.2, 0.25) is 0 Å². The molecule has 0 unspecified atom stereocenters. The fourth-order valence-corrected chi connectivity index (χ4v) is 5.77. The van der Waals surface area contributed by atoms with Crippen molar-refractivity contribution >= 4 is 11.0 Å². The average molecular weight is 577 g/mol. The molecule has 0 atom stereocenters. The SMILES string of the molecule is c1ccc(-c2ccc(-c3nc4ccccc4n3-c3ccc(-c4nc(-c5ccccc5)cc(-c5ccccc5)n4)cc3)cc2)cc1. The van der Waals surface area contributed by atoms with Crippen molar-refractivity contribution in [1.82, 2.24) is 19.5 Å². The molecule has 0 bridgehead atoms. The van der Waals surface area contributed by atoms with Crippen LogP contribution in [-0.2, 0) is 0 Å². The Labute approximate surface area is 262 Å². The quantitative estimate of drug-likeness (QED) is 0.198. The van der Waals surface area contributed by atoms with Crippen LogP contribution in [0.5, 0.6) is 0 Å². The summed E-state index contributed by atoms with van der Waals surface area (Å²) in [6, 6.07) is 58.4. The molecule has 0 saturated heterocycles. The highest BCUT2D eigenvalue weighted by atomic mass is 15.1. The minimum absolute atomic E-state index is 0.689. The van der Waals surface area contributed by atoms with Gasteiger partial charge in [0.05, 0.1) is 22.4 Å². The molecule has 6 aromatic carbocycles. The molecule has 212 valence electrons. The van der Waals surface area contributed by atoms with Crippen molar-refractivity contribution in [3.8, 4) is 62.1 Å². The fraction of sp³-hybridized carbons (Fsp3) is 0. The summed E-state index contributed by atoms with van der Waals surface area (Å²) >= 11 is 0. The van der Waals surface area contributed by atoms with Gasteiger partial charge in [0, 0.05) is 27.9 Å². The minimum atomic E-state index is 0.689. The van der Waals surface area contributed by atoms with Gasteiger partial charge in [-0.1, -0.05) is 127 Å². The van der Waals surface area contributed by atoms with Crippen LogP contribution in [0.25, 0.3) is 73.1 Å². The molecule has 2 aromatic heterocycles. The first-order valence-corrected chi connectivity index (χ1v) is 15.0. The number of imidazole rings is 1. The molecule has 4 nitrogen and oxygen atoms in total. The maximum atomic E-state index is 5.07. The van der Waals surface area contributed by atoms with Crippen LogP contribution in [-0.4, -0.2) is 19.5 Å². The number of benzene rings is 6. The van der Waals surface area contributed by atoms with E-state index in [4.69, 9.17) is 15.0 Å². The highest BCUT2D eigenvalue weighted by Gasteiger charge is 2.16. The van der Waals surface area contributed by atoms with Crippen molar-refractivity contribution < 1.29 is 0 Å². The van der Waals surface area contributed by atoms with E-state index in [1.807, 2.05) is 48.5 Å². The second-order valence-electron chi connectivity index (χ2n) is 10.9. The number of hydrogen-bond donors (Lipinski definition) is 0. The number of aromatic nitrogens is 4. The highest BCUT2D eigenvalue weighted by molar-refractivity contribution is 5.84. The Morgan fingerprint density at radius 1 is 0.356 bits per heavy atom. The summed E-state index contributed by atoms with van der Waals surface area (Å²) in [6.07, 6.45) is 0. The molecule has 0 aliphatic rings. The second-order valence-corrected chi connectivity index (χ2v) is 10.9. The van der Waals surface area contributed by atoms with Crippen molar-refractivity contribution in [2.24, 2.45) is 0 Å². The summed E-state index contributed by atoms with van der Waals surface area (Å²) in [5.74, 6) is 1.59. The summed E-state index contributed by atoms with van der Waals surface area (Å²) < 4.78 is 2.23. The number of fused-ring (bicyclic) bond motifs is 1. The molecule has 8 rings (SSSR count). The summed E-state index contributed by atoms with van der Waals surface area (Å²) in [4.78, 5) is 15.1. The summed E-state index contributed by atoms with van der Waals surface area (Å²) in [5.41, 5.74) is 11.3. The summed E-state index contributed by atoms with van der Waals surface area (Å²) in [5, 5.41) is 0. The standard InChI is InChI=1S/C41H28N4/c1-4-12-29(13-5-1)30-20-22-34(23-21-30)41-44-36-18-10-11-19-39(36)45(41)35-26-24-33(25-27-35)40-42-37(31-14-6-2-7-15-31)28-38(43-40)32-16-8-3-9-17-32/h1-28H. The van der Waals surface area contributed by atoms with Crippen LogP contribution in [0, 0.1) is 0 Å². The van der Waals surface area contributed by atoms with Gasteiger partial charge in [0.1, 0.15) is 5.82 Å². The first-order chi connectivity index (χ1) is 22.3. The number of para-hydroxylation sites is 2. The van der Waals surface area contributed by atoms with Gasteiger partial charge >= 0.3 is 0 Å². The van der Waals surface area contributed by atoms with Gasteiger partial charge in [0.25, 0.3) is 0 Å². The zero-order valence-electron chi connectivity index (χ0n) is 24.5. The smallest absolute Gasteiger partial charge is 0.160 e. The van der Waals surface area contributed by atoms with Crippen LogP contribution in [0.2, 0.25) is 0 Å². The molecule has 0 N–H and O–H groups in total. The van der Waals surface area contributed by atoms with E-state index in [9.17, 15) is 0 Å². The van der Waals surface area contributed by atoms with Crippen LogP contribution in [0.15, 0.2) is 170 Å². The van der Waals surface area contributed by atoms with E-state index in [1.54, 1.807) is 0 Å². The largest absolute Gasteiger partial charge is 0.292 e. The molecular formula is C41H28N4. The molecule has 4 heteroatoms. The number of nitrogens with zero attached hydrogens (tertiary/aromatic N) is 4. The topological polar surface area (TPSA) is 43.6 Å². The average Bonchev–Trinajstić information content (AvgIpc) is 3.52. The number of rotatable bonds is 6. The van der Waals surface area contributed by atoms with Crippen molar-refractivity contribution in [1.29, 1.82) is 0 Å². The molecule has 0 spiro atoms. The molecular weight excluding hydrogens is 548 g/mol. The Balaban J connectivity index is 1.21. The van der Waals surface area contributed by atoms with Gasteiger partial charge in [-0.3, -0.25) is 4.57 Å². The third-order valence-corrected chi connectivity index (χ3v) is 8.06. The maximum absolute atomic E-state index is 5.07. The molecule has 0 amide bonds. The van der Waals surface area contributed by atoms with Crippen LogP contribution < -0.4 is 0 Å². The van der Waals surface area contributed by atoms with E-state index in [-0.39, 0.29) is 0 Å². The summed E-state index contributed by atoms with van der Waals surface area (Å²) in [6.45, 7) is 0. The van der Waals surface area contributed by atoms with E-state index < -0.39 is 0 Å². The predicted molar refractivity (Wildman–Crippen MR) is 184 cm³/mol. The molecule has 0 aliphatic heterocycles. The van der Waals surface area contributed by atoms with E-state index in [1.165, 1.54) is 11.1 Å². The van der Waals surface area contributed by atoms with Crippen LogP contribution in [0.1, 0.15) is 0 Å². The van der Waals surface area contributed by atoms with Crippen molar-refractivity contribution in [2.45, 2.75) is 0 Å². The van der Waals surface area contributed by atoms with Gasteiger partial charge in [-0.15, -0.1) is 0 Å². The molecule has 2 heterocycles. The van der Waals surface area contributed by atoms with Crippen molar-refractivity contribution in [2.75, 3.05) is 0 Å². The Hall–Kier alpha value is -6.13. The lowest BCUT2D eigenvalue weighted by Gasteiger charge is -2.12. The zero-order valence-corrected chi connectivity index (χ0v) is 24.5. The van der Waals surface area contributed by atoms with E-state index in [0.717, 1.165) is 56.2 Å².